The number of alkyl halides is 2. The van der Waals surface area contributed by atoms with E-state index >= 15 is 0 Å². The molecule has 1 N–H and O–H groups in total. The Kier molecular flexibility index (Phi) is 4.87. The maximum absolute atomic E-state index is 13.4. The van der Waals surface area contributed by atoms with Crippen molar-refractivity contribution in [2.75, 3.05) is 6.61 Å². The summed E-state index contributed by atoms with van der Waals surface area (Å²) in [5, 5.41) is 9.67. The van der Waals surface area contributed by atoms with Gasteiger partial charge in [-0.1, -0.05) is 24.3 Å². The molecule has 1 saturated carbocycles. The first-order valence-corrected chi connectivity index (χ1v) is 11.7. The summed E-state index contributed by atoms with van der Waals surface area (Å²) in [4.78, 5) is 25.3. The van der Waals surface area contributed by atoms with Gasteiger partial charge < -0.3 is 19.3 Å². The molecule has 3 aromatic rings. The van der Waals surface area contributed by atoms with Crippen LogP contribution in [0.5, 0.6) is 17.2 Å². The number of ketones is 1. The molecule has 2 heterocycles. The average Bonchev–Trinajstić information content (AvgIpc) is 3.39. The number of carboxylic acids is 1. The zero-order valence-electron chi connectivity index (χ0n) is 19.4. The first-order chi connectivity index (χ1) is 17.1. The molecular weight excluding hydrogens is 470 g/mol. The first-order valence-electron chi connectivity index (χ1n) is 11.7. The molecule has 1 aliphatic carbocycles. The highest BCUT2D eigenvalue weighted by Gasteiger charge is 2.52. The normalized spacial score (nSPS) is 17.9. The minimum atomic E-state index is -3.70. The molecule has 36 heavy (non-hydrogen) atoms. The van der Waals surface area contributed by atoms with Crippen molar-refractivity contribution in [1.82, 2.24) is 0 Å². The molecule has 0 radical (unpaired) electrons. The molecular formula is C28H22F2O6. The first kappa shape index (κ1) is 22.5. The Hall–Kier alpha value is -3.94. The monoisotopic (exact) mass is 492 g/mol. The fourth-order valence-corrected chi connectivity index (χ4v) is 5.17. The van der Waals surface area contributed by atoms with Gasteiger partial charge in [0.2, 0.25) is 0 Å². The largest absolute Gasteiger partial charge is 0.586 e. The van der Waals surface area contributed by atoms with Crippen molar-refractivity contribution in [3.63, 3.8) is 0 Å². The lowest BCUT2D eigenvalue weighted by Crippen LogP contribution is -2.26. The zero-order valence-corrected chi connectivity index (χ0v) is 19.4. The van der Waals surface area contributed by atoms with Crippen LogP contribution in [0.1, 0.15) is 45.5 Å². The van der Waals surface area contributed by atoms with E-state index < -0.39 is 17.7 Å². The SMILES string of the molecule is Cc1ccc(CC(=O)C2(c3ccc4c(c3)OC(F)(F)O4)CC2)cc1-c1cc2c(c(C(=O)O)c1)OCC2. The van der Waals surface area contributed by atoms with Gasteiger partial charge in [-0.3, -0.25) is 4.79 Å². The topological polar surface area (TPSA) is 82.1 Å². The molecule has 0 bridgehead atoms. The molecule has 8 heteroatoms. The molecule has 6 rings (SSSR count). The number of aromatic carboxylic acids is 1. The van der Waals surface area contributed by atoms with E-state index in [1.807, 2.05) is 31.2 Å². The summed E-state index contributed by atoms with van der Waals surface area (Å²) in [5.74, 6) is -0.736. The van der Waals surface area contributed by atoms with Gasteiger partial charge in [0.25, 0.3) is 0 Å². The fraction of sp³-hybridized carbons (Fsp3) is 0.286. The summed E-state index contributed by atoms with van der Waals surface area (Å²) < 4.78 is 41.4. The number of aryl methyl sites for hydroxylation is 1. The van der Waals surface area contributed by atoms with Crippen LogP contribution >= 0.6 is 0 Å². The average molecular weight is 492 g/mol. The highest BCUT2D eigenvalue weighted by Crippen LogP contribution is 2.52. The molecule has 0 aromatic heterocycles. The minimum absolute atomic E-state index is 0.00323. The van der Waals surface area contributed by atoms with Crippen LogP contribution in [-0.4, -0.2) is 29.8 Å². The Balaban J connectivity index is 1.29. The number of Topliss-reactive ketones (excluding diaryl/α,β-unsaturated/α-hetero) is 1. The zero-order chi connectivity index (χ0) is 25.2. The number of benzene rings is 3. The van der Waals surface area contributed by atoms with Crippen molar-refractivity contribution >= 4 is 11.8 Å². The summed E-state index contributed by atoms with van der Waals surface area (Å²) in [6.07, 6.45) is -1.63. The van der Waals surface area contributed by atoms with Gasteiger partial charge in [0, 0.05) is 12.8 Å². The Bertz CT molecular complexity index is 1440. The molecule has 184 valence electrons. The van der Waals surface area contributed by atoms with Gasteiger partial charge in [0.15, 0.2) is 11.5 Å². The maximum Gasteiger partial charge on any atom is 0.586 e. The Labute approximate surface area is 205 Å². The lowest BCUT2D eigenvalue weighted by molar-refractivity contribution is -0.286. The van der Waals surface area contributed by atoms with Crippen molar-refractivity contribution in [2.45, 2.75) is 44.3 Å². The van der Waals surface area contributed by atoms with Gasteiger partial charge in [-0.25, -0.2) is 4.79 Å². The summed E-state index contributed by atoms with van der Waals surface area (Å²) in [7, 11) is 0. The number of hydrogen-bond acceptors (Lipinski definition) is 5. The lowest BCUT2D eigenvalue weighted by atomic mass is 9.86. The third kappa shape index (κ3) is 3.68. The molecule has 6 nitrogen and oxygen atoms in total. The maximum atomic E-state index is 13.4. The number of fused-ring (bicyclic) bond motifs is 2. The Morgan fingerprint density at radius 1 is 1.00 bits per heavy atom. The third-order valence-corrected chi connectivity index (χ3v) is 7.23. The second-order valence-electron chi connectivity index (χ2n) is 9.58. The van der Waals surface area contributed by atoms with E-state index in [1.54, 1.807) is 12.1 Å². The molecule has 2 aliphatic heterocycles. The van der Waals surface area contributed by atoms with E-state index in [0.717, 1.165) is 27.8 Å². The van der Waals surface area contributed by atoms with Gasteiger partial charge in [-0.05, 0) is 77.4 Å². The van der Waals surface area contributed by atoms with Crippen molar-refractivity contribution in [3.8, 4) is 28.4 Å². The lowest BCUT2D eigenvalue weighted by Gasteiger charge is -2.16. The van der Waals surface area contributed by atoms with E-state index in [2.05, 4.69) is 9.47 Å². The van der Waals surface area contributed by atoms with E-state index in [9.17, 15) is 23.5 Å². The Morgan fingerprint density at radius 3 is 2.53 bits per heavy atom. The van der Waals surface area contributed by atoms with Crippen LogP contribution < -0.4 is 14.2 Å². The summed E-state index contributed by atoms with van der Waals surface area (Å²) in [5.41, 5.74) is 4.27. The van der Waals surface area contributed by atoms with Crippen LogP contribution in [0, 0.1) is 6.92 Å². The number of carbonyl (C=O) groups excluding carboxylic acids is 1. The third-order valence-electron chi connectivity index (χ3n) is 7.23. The summed E-state index contributed by atoms with van der Waals surface area (Å²) >= 11 is 0. The van der Waals surface area contributed by atoms with Crippen molar-refractivity contribution < 1.29 is 37.7 Å². The molecule has 1 fully saturated rings. The van der Waals surface area contributed by atoms with Crippen LogP contribution in [0.2, 0.25) is 0 Å². The number of ether oxygens (including phenoxy) is 3. The number of halogens is 2. The smallest absolute Gasteiger partial charge is 0.492 e. The molecule has 0 amide bonds. The molecule has 0 spiro atoms. The van der Waals surface area contributed by atoms with Crippen LogP contribution in [0.15, 0.2) is 48.5 Å². The highest BCUT2D eigenvalue weighted by molar-refractivity contribution is 5.96. The van der Waals surface area contributed by atoms with Gasteiger partial charge in [0.05, 0.1) is 12.0 Å². The van der Waals surface area contributed by atoms with E-state index in [4.69, 9.17) is 4.74 Å². The summed E-state index contributed by atoms with van der Waals surface area (Å²) in [6.45, 7) is 2.39. The van der Waals surface area contributed by atoms with Crippen LogP contribution in [0.4, 0.5) is 8.78 Å². The van der Waals surface area contributed by atoms with Crippen LogP contribution in [-0.2, 0) is 23.1 Å². The number of hydrogen-bond donors (Lipinski definition) is 1. The van der Waals surface area contributed by atoms with Gasteiger partial charge >= 0.3 is 12.3 Å². The Morgan fingerprint density at radius 2 is 1.78 bits per heavy atom. The predicted octanol–water partition coefficient (Wildman–Crippen LogP) is 5.46. The van der Waals surface area contributed by atoms with Crippen molar-refractivity contribution in [3.05, 3.63) is 76.3 Å². The molecule has 3 aromatic carbocycles. The van der Waals surface area contributed by atoms with E-state index in [0.29, 0.717) is 37.2 Å². The molecule has 0 atom stereocenters. The van der Waals surface area contributed by atoms with E-state index in [1.165, 1.54) is 12.1 Å². The predicted molar refractivity (Wildman–Crippen MR) is 125 cm³/mol. The molecule has 0 saturated heterocycles. The molecule has 0 unspecified atom stereocenters. The quantitative estimate of drug-likeness (QED) is 0.492. The number of carboxylic acid groups (broad SMARTS) is 1. The van der Waals surface area contributed by atoms with Crippen molar-refractivity contribution in [1.29, 1.82) is 0 Å². The van der Waals surface area contributed by atoms with Crippen molar-refractivity contribution in [2.24, 2.45) is 0 Å². The molecule has 3 aliphatic rings. The minimum Gasteiger partial charge on any atom is -0.492 e. The van der Waals surface area contributed by atoms with Gasteiger partial charge in [0.1, 0.15) is 17.1 Å². The number of rotatable bonds is 6. The fourth-order valence-electron chi connectivity index (χ4n) is 5.17. The van der Waals surface area contributed by atoms with Crippen LogP contribution in [0.3, 0.4) is 0 Å². The standard InChI is InChI=1S/C28H22F2O6/c1-15-2-3-16(10-20(15)18-12-17-6-9-34-25(17)21(13-18)26(32)33)11-24(31)27(7-8-27)19-4-5-22-23(14-19)36-28(29,30)35-22/h2-5,10,12-14H,6-9,11H2,1H3,(H,32,33). The van der Waals surface area contributed by atoms with Gasteiger partial charge in [-0.15, -0.1) is 8.78 Å². The second kappa shape index (κ2) is 7.78. The van der Waals surface area contributed by atoms with Crippen LogP contribution in [0.25, 0.3) is 11.1 Å². The number of carbonyl (C=O) groups is 2. The van der Waals surface area contributed by atoms with Gasteiger partial charge in [-0.2, -0.15) is 0 Å². The summed E-state index contributed by atoms with van der Waals surface area (Å²) in [6, 6.07) is 13.8. The second-order valence-corrected chi connectivity index (χ2v) is 9.58. The highest BCUT2D eigenvalue weighted by atomic mass is 19.3. The van der Waals surface area contributed by atoms with E-state index in [-0.39, 0.29) is 29.3 Å².